The maximum absolute atomic E-state index is 12.1. The average molecular weight is 329 g/mol. The van der Waals surface area contributed by atoms with Gasteiger partial charge in [0.2, 0.25) is 0 Å². The number of esters is 1. The van der Waals surface area contributed by atoms with Gasteiger partial charge in [0.1, 0.15) is 0 Å². The molecule has 1 heterocycles. The maximum Gasteiger partial charge on any atom is 0.338 e. The number of ether oxygens (including phenoxy) is 1. The molecule has 0 saturated carbocycles. The molecule has 0 aromatic heterocycles. The summed E-state index contributed by atoms with van der Waals surface area (Å²) in [5.41, 5.74) is 1.28. The fraction of sp³-hybridized carbons (Fsp3) is 0.286. The van der Waals surface area contributed by atoms with Crippen LogP contribution in [0.15, 0.2) is 29.5 Å². The van der Waals surface area contributed by atoms with Crippen LogP contribution < -0.4 is 10.6 Å². The van der Waals surface area contributed by atoms with Crippen LogP contribution in [0.1, 0.15) is 25.5 Å². The van der Waals surface area contributed by atoms with Gasteiger partial charge < -0.3 is 15.4 Å². The number of allylic oxidation sites excluding steroid dienone is 1. The molecule has 2 amide bonds. The monoisotopic (exact) mass is 328 g/mol. The predicted octanol–water partition coefficient (Wildman–Crippen LogP) is 3.18. The molecule has 112 valence electrons. The minimum Gasteiger partial charge on any atom is -0.463 e. The highest BCUT2D eigenvalue weighted by atomic mass is 35.5. The molecule has 2 rings (SSSR count). The van der Waals surface area contributed by atoms with Gasteiger partial charge in [0.15, 0.2) is 0 Å². The SMILES string of the molecule is CCOC(=O)C1=C(C)NC(=O)N[C@H]1c1cccc(Cl)c1Cl. The molecule has 0 saturated heterocycles. The summed E-state index contributed by atoms with van der Waals surface area (Å²) in [6.07, 6.45) is 0. The Morgan fingerprint density at radius 2 is 2.10 bits per heavy atom. The second-order valence-corrected chi connectivity index (χ2v) is 5.22. The third kappa shape index (κ3) is 3.14. The smallest absolute Gasteiger partial charge is 0.338 e. The lowest BCUT2D eigenvalue weighted by molar-refractivity contribution is -0.139. The lowest BCUT2D eigenvalue weighted by atomic mass is 9.95. The van der Waals surface area contributed by atoms with Crippen LogP contribution in [0, 0.1) is 0 Å². The van der Waals surface area contributed by atoms with Gasteiger partial charge in [-0.2, -0.15) is 0 Å². The van der Waals surface area contributed by atoms with Gasteiger partial charge in [-0.25, -0.2) is 9.59 Å². The first-order valence-corrected chi connectivity index (χ1v) is 7.10. The third-order valence-electron chi connectivity index (χ3n) is 3.06. The summed E-state index contributed by atoms with van der Waals surface area (Å²) in [7, 11) is 0. The first kappa shape index (κ1) is 15.7. The zero-order valence-electron chi connectivity index (χ0n) is 11.5. The Bertz CT molecular complexity index is 629. The molecular weight excluding hydrogens is 315 g/mol. The van der Waals surface area contributed by atoms with Gasteiger partial charge in [-0.3, -0.25) is 0 Å². The van der Waals surface area contributed by atoms with Crippen molar-refractivity contribution >= 4 is 35.2 Å². The van der Waals surface area contributed by atoms with Crippen molar-refractivity contribution in [1.29, 1.82) is 0 Å². The molecule has 0 fully saturated rings. The normalized spacial score (nSPS) is 18.1. The Labute approximate surface area is 132 Å². The summed E-state index contributed by atoms with van der Waals surface area (Å²) in [5.74, 6) is -0.511. The molecule has 2 N–H and O–H groups in total. The minimum absolute atomic E-state index is 0.236. The van der Waals surface area contributed by atoms with Crippen molar-refractivity contribution in [2.75, 3.05) is 6.61 Å². The number of rotatable bonds is 3. The van der Waals surface area contributed by atoms with Crippen LogP contribution in [0.3, 0.4) is 0 Å². The molecule has 0 bridgehead atoms. The summed E-state index contributed by atoms with van der Waals surface area (Å²) >= 11 is 12.2. The molecular formula is C14H14Cl2N2O3. The van der Waals surface area contributed by atoms with Crippen molar-refractivity contribution in [3.8, 4) is 0 Å². The number of nitrogens with one attached hydrogen (secondary N) is 2. The van der Waals surface area contributed by atoms with E-state index in [-0.39, 0.29) is 6.61 Å². The number of carbonyl (C=O) groups is 2. The van der Waals surface area contributed by atoms with Crippen molar-refractivity contribution in [2.45, 2.75) is 19.9 Å². The van der Waals surface area contributed by atoms with Crippen LogP contribution in [0.25, 0.3) is 0 Å². The number of carbonyl (C=O) groups excluding carboxylic acids is 2. The lowest BCUT2D eigenvalue weighted by Crippen LogP contribution is -2.45. The minimum atomic E-state index is -0.705. The topological polar surface area (TPSA) is 67.4 Å². The summed E-state index contributed by atoms with van der Waals surface area (Å²) in [6, 6.07) is 3.93. The largest absolute Gasteiger partial charge is 0.463 e. The van der Waals surface area contributed by atoms with Gasteiger partial charge in [-0.05, 0) is 25.5 Å². The van der Waals surface area contributed by atoms with Crippen LogP contribution in [0.5, 0.6) is 0 Å². The van der Waals surface area contributed by atoms with E-state index < -0.39 is 18.0 Å². The number of hydrogen-bond donors (Lipinski definition) is 2. The molecule has 1 aromatic rings. The van der Waals surface area contributed by atoms with Gasteiger partial charge in [-0.15, -0.1) is 0 Å². The van der Waals surface area contributed by atoms with E-state index in [0.29, 0.717) is 26.9 Å². The highest BCUT2D eigenvalue weighted by Gasteiger charge is 2.33. The molecule has 1 aliphatic heterocycles. The molecule has 0 radical (unpaired) electrons. The second kappa shape index (κ2) is 6.37. The molecule has 1 aromatic carbocycles. The molecule has 0 spiro atoms. The predicted molar refractivity (Wildman–Crippen MR) is 80.2 cm³/mol. The molecule has 0 aliphatic carbocycles. The lowest BCUT2D eigenvalue weighted by Gasteiger charge is -2.28. The van der Waals surface area contributed by atoms with Gasteiger partial charge in [0.05, 0.1) is 28.3 Å². The average Bonchev–Trinajstić information content (AvgIpc) is 2.41. The summed E-state index contributed by atoms with van der Waals surface area (Å²) in [6.45, 7) is 3.58. The van der Waals surface area contributed by atoms with Crippen LogP contribution in [0.2, 0.25) is 10.0 Å². The fourth-order valence-corrected chi connectivity index (χ4v) is 2.57. The Balaban J connectivity index is 2.52. The molecule has 0 unspecified atom stereocenters. The van der Waals surface area contributed by atoms with E-state index in [0.717, 1.165) is 0 Å². The number of halogens is 2. The number of amides is 2. The van der Waals surface area contributed by atoms with Gasteiger partial charge >= 0.3 is 12.0 Å². The molecule has 21 heavy (non-hydrogen) atoms. The number of benzene rings is 1. The van der Waals surface area contributed by atoms with Crippen LogP contribution in [-0.4, -0.2) is 18.6 Å². The van der Waals surface area contributed by atoms with Crippen LogP contribution in [0.4, 0.5) is 4.79 Å². The highest BCUT2D eigenvalue weighted by molar-refractivity contribution is 6.42. The summed E-state index contributed by atoms with van der Waals surface area (Å²) in [4.78, 5) is 23.8. The second-order valence-electron chi connectivity index (χ2n) is 4.43. The van der Waals surface area contributed by atoms with E-state index in [4.69, 9.17) is 27.9 Å². The van der Waals surface area contributed by atoms with Gasteiger partial charge in [-0.1, -0.05) is 35.3 Å². The molecule has 7 heteroatoms. The van der Waals surface area contributed by atoms with Crippen molar-refractivity contribution in [1.82, 2.24) is 10.6 Å². The Morgan fingerprint density at radius 1 is 1.38 bits per heavy atom. The van der Waals surface area contributed by atoms with Crippen LogP contribution in [-0.2, 0) is 9.53 Å². The molecule has 1 atom stereocenters. The zero-order chi connectivity index (χ0) is 15.6. The van der Waals surface area contributed by atoms with Crippen LogP contribution >= 0.6 is 23.2 Å². The number of urea groups is 1. The fourth-order valence-electron chi connectivity index (χ4n) is 2.15. The van der Waals surface area contributed by atoms with E-state index in [1.54, 1.807) is 32.0 Å². The zero-order valence-corrected chi connectivity index (χ0v) is 13.0. The first-order chi connectivity index (χ1) is 9.95. The Hall–Kier alpha value is -1.72. The quantitative estimate of drug-likeness (QED) is 0.837. The highest BCUT2D eigenvalue weighted by Crippen LogP contribution is 2.35. The third-order valence-corrected chi connectivity index (χ3v) is 3.89. The van der Waals surface area contributed by atoms with E-state index >= 15 is 0 Å². The first-order valence-electron chi connectivity index (χ1n) is 6.35. The molecule has 1 aliphatic rings. The molecule has 5 nitrogen and oxygen atoms in total. The van der Waals surface area contributed by atoms with Gasteiger partial charge in [0, 0.05) is 5.70 Å². The van der Waals surface area contributed by atoms with Crippen molar-refractivity contribution in [3.63, 3.8) is 0 Å². The van der Waals surface area contributed by atoms with E-state index in [1.807, 2.05) is 0 Å². The van der Waals surface area contributed by atoms with Crippen molar-refractivity contribution < 1.29 is 14.3 Å². The van der Waals surface area contributed by atoms with E-state index in [1.165, 1.54) is 0 Å². The Kier molecular flexibility index (Phi) is 4.75. The van der Waals surface area contributed by atoms with E-state index in [2.05, 4.69) is 10.6 Å². The van der Waals surface area contributed by atoms with E-state index in [9.17, 15) is 9.59 Å². The van der Waals surface area contributed by atoms with Crippen molar-refractivity contribution in [2.24, 2.45) is 0 Å². The van der Waals surface area contributed by atoms with Gasteiger partial charge in [0.25, 0.3) is 0 Å². The van der Waals surface area contributed by atoms with Crippen molar-refractivity contribution in [3.05, 3.63) is 45.1 Å². The maximum atomic E-state index is 12.1. The Morgan fingerprint density at radius 3 is 2.76 bits per heavy atom. The summed E-state index contributed by atoms with van der Waals surface area (Å²) in [5, 5.41) is 5.87. The summed E-state index contributed by atoms with van der Waals surface area (Å²) < 4.78 is 5.04. The standard InChI is InChI=1S/C14H14Cl2N2O3/c1-3-21-13(19)10-7(2)17-14(20)18-12(10)8-5-4-6-9(15)11(8)16/h4-6,12H,3H2,1-2H3,(H2,17,18,20)/t12-/m0/s1. The number of hydrogen-bond acceptors (Lipinski definition) is 3.